The Morgan fingerprint density at radius 1 is 0.354 bits per heavy atom. The van der Waals surface area contributed by atoms with Crippen LogP contribution in [0.25, 0.3) is 83.3 Å². The Morgan fingerprint density at radius 3 is 1.29 bits per heavy atom. The van der Waals surface area contributed by atoms with E-state index in [4.69, 9.17) is 14.4 Å². The molecule has 0 N–H and O–H groups in total. The third-order valence-electron chi connectivity index (χ3n) is 17.4. The zero-order chi connectivity index (χ0) is 47.3. The van der Waals surface area contributed by atoms with Crippen molar-refractivity contribution in [2.75, 3.05) is 0 Å². The molecule has 65 heavy (non-hydrogen) atoms. The van der Waals surface area contributed by atoms with Crippen molar-refractivity contribution < 1.29 is 4.42 Å². The molecule has 9 aromatic rings. The number of rotatable bonds is 4. The van der Waals surface area contributed by atoms with Crippen LogP contribution in [0, 0.1) is 0 Å². The van der Waals surface area contributed by atoms with E-state index >= 15 is 0 Å². The third-order valence-corrected chi connectivity index (χ3v) is 17.4. The van der Waals surface area contributed by atoms with E-state index in [1.165, 1.54) is 153 Å². The van der Waals surface area contributed by atoms with Gasteiger partial charge >= 0.3 is 0 Å². The van der Waals surface area contributed by atoms with E-state index in [2.05, 4.69) is 188 Å². The Kier molecular flexibility index (Phi) is 11.0. The third kappa shape index (κ3) is 6.14. The molecule has 6 aromatic carbocycles. The van der Waals surface area contributed by atoms with Crippen molar-refractivity contribution in [1.29, 1.82) is 0 Å². The second-order valence-corrected chi connectivity index (χ2v) is 19.9. The normalized spacial score (nSPS) is 11.8. The quantitative estimate of drug-likeness (QED) is 0.166. The van der Waals surface area contributed by atoms with Gasteiger partial charge in [0.2, 0.25) is 0 Å². The van der Waals surface area contributed by atoms with Gasteiger partial charge in [0.25, 0.3) is 0 Å². The van der Waals surface area contributed by atoms with Gasteiger partial charge in [0.1, 0.15) is 182 Å². The molecule has 0 amide bonds. The van der Waals surface area contributed by atoms with E-state index in [0.717, 1.165) is 44.7 Å². The number of nitrogens with zero attached hydrogens (tertiary/aromatic N) is 3. The number of hydrogen-bond donors (Lipinski definition) is 0. The van der Waals surface area contributed by atoms with Crippen LogP contribution < -0.4 is 115 Å². The highest BCUT2D eigenvalue weighted by Crippen LogP contribution is 2.35. The van der Waals surface area contributed by atoms with Gasteiger partial charge in [0, 0.05) is 27.7 Å². The van der Waals surface area contributed by atoms with Crippen molar-refractivity contribution in [3.05, 3.63) is 24.3 Å². The molecule has 4 nitrogen and oxygen atoms in total. The highest BCUT2D eigenvalue weighted by Gasteiger charge is 2.30. The summed E-state index contributed by atoms with van der Waals surface area (Å²) in [6, 6.07) is 8.31. The first-order chi connectivity index (χ1) is 30.6. The van der Waals surface area contributed by atoms with Crippen LogP contribution in [0.2, 0.25) is 0 Å². The summed E-state index contributed by atoms with van der Waals surface area (Å²) in [5, 5.41) is 3.79. The molecule has 25 heteroatoms. The number of fused-ring (bicyclic) bond motifs is 6. The maximum absolute atomic E-state index is 6.86. The average molecular weight is 812 g/mol. The monoisotopic (exact) mass is 816 g/mol. The van der Waals surface area contributed by atoms with Gasteiger partial charge in [-0.15, -0.1) is 32.8 Å². The van der Waals surface area contributed by atoms with Crippen LogP contribution in [0.1, 0.15) is 0 Å². The Balaban J connectivity index is 1.45. The van der Waals surface area contributed by atoms with E-state index in [9.17, 15) is 0 Å². The number of hydrogen-bond acceptors (Lipinski definition) is 3. The topological polar surface area (TPSA) is 43.9 Å². The molecule has 0 radical (unpaired) electrons. The summed E-state index contributed by atoms with van der Waals surface area (Å²) in [5.74, 6) is 0.749. The standard InChI is InChI=1S/C40H46B21N3O/c41-13-7(8-15(43)27(55)33(61)38(21(8)49)64-36-9(16(44)23(51)29(57)31(36)59)10-17(45)24(52)30(58)32(60)37(10)64)14(42)22(50)18(46)11(13)35-39-34(5-3-1-2-4-6(5)65-39)62-40(63-35)12-19(47)25(53)28(56)26(54)20(12)48/h1-4H,41-61H2. The van der Waals surface area contributed by atoms with E-state index in [1.54, 1.807) is 0 Å². The number of furan rings is 1. The number of benzene rings is 6. The summed E-state index contributed by atoms with van der Waals surface area (Å²) in [6.45, 7) is 0. The maximum Gasteiger partial charge on any atom is 0.180 e. The van der Waals surface area contributed by atoms with Crippen molar-refractivity contribution in [1.82, 2.24) is 14.5 Å². The second-order valence-electron chi connectivity index (χ2n) is 19.9. The molecule has 0 saturated carbocycles. The fourth-order valence-corrected chi connectivity index (χ4v) is 11.9. The van der Waals surface area contributed by atoms with Gasteiger partial charge in [0.15, 0.2) is 11.4 Å². The Bertz CT molecular complexity index is 3590. The molecule has 0 aliphatic heterocycles. The maximum atomic E-state index is 6.86. The summed E-state index contributed by atoms with van der Waals surface area (Å²) < 4.78 is 9.55. The summed E-state index contributed by atoms with van der Waals surface area (Å²) in [5.41, 5.74) is 39.6. The van der Waals surface area contributed by atoms with E-state index < -0.39 is 0 Å². The molecule has 0 aliphatic rings. The van der Waals surface area contributed by atoms with Crippen molar-refractivity contribution in [3.8, 4) is 39.5 Å². The minimum atomic E-state index is 0.735. The van der Waals surface area contributed by atoms with Crippen LogP contribution in [-0.4, -0.2) is 179 Å². The number of aromatic nitrogens is 3. The van der Waals surface area contributed by atoms with Crippen LogP contribution >= 0.6 is 0 Å². The molecule has 0 fully saturated rings. The molecule has 3 aromatic heterocycles. The lowest BCUT2D eigenvalue weighted by molar-refractivity contribution is 0.667. The van der Waals surface area contributed by atoms with Crippen LogP contribution in [0.4, 0.5) is 0 Å². The summed E-state index contributed by atoms with van der Waals surface area (Å²) in [4.78, 5) is 11.1. The summed E-state index contributed by atoms with van der Waals surface area (Å²) in [6.07, 6.45) is 0. The van der Waals surface area contributed by atoms with Gasteiger partial charge in [-0.1, -0.05) is 94.1 Å². The fourth-order valence-electron chi connectivity index (χ4n) is 11.9. The zero-order valence-corrected chi connectivity index (χ0v) is 43.1. The molecule has 0 atom stereocenters. The predicted octanol–water partition coefficient (Wildman–Crippen LogP) is -26.1. The van der Waals surface area contributed by atoms with Crippen LogP contribution in [-0.2, 0) is 0 Å². The first-order valence-electron chi connectivity index (χ1n) is 23.6. The van der Waals surface area contributed by atoms with E-state index in [-0.39, 0.29) is 0 Å². The van der Waals surface area contributed by atoms with Crippen LogP contribution in [0.5, 0.6) is 0 Å². The minimum absolute atomic E-state index is 0.735. The molecule has 0 bridgehead atoms. The van der Waals surface area contributed by atoms with Gasteiger partial charge in [-0.05, 0) is 39.6 Å². The fraction of sp³-hybridized carbons (Fsp3) is 0. The number of para-hydroxylation sites is 1. The van der Waals surface area contributed by atoms with Gasteiger partial charge in [-0.2, -0.15) is 0 Å². The highest BCUT2D eigenvalue weighted by molar-refractivity contribution is 6.73. The minimum Gasteiger partial charge on any atom is -0.452 e. The molecule has 3 heterocycles. The Hall–Kier alpha value is -4.64. The molecule has 290 valence electrons. The summed E-state index contributed by atoms with van der Waals surface area (Å²) >= 11 is 0. The molecule has 0 aliphatic carbocycles. The average Bonchev–Trinajstić information content (AvgIpc) is 3.84. The largest absolute Gasteiger partial charge is 0.452 e. The molecule has 0 spiro atoms. The second kappa shape index (κ2) is 15.7. The van der Waals surface area contributed by atoms with Crippen molar-refractivity contribution in [2.24, 2.45) is 0 Å². The van der Waals surface area contributed by atoms with Crippen molar-refractivity contribution in [2.45, 2.75) is 0 Å². The molecule has 0 unspecified atom stereocenters. The zero-order valence-electron chi connectivity index (χ0n) is 43.1. The van der Waals surface area contributed by atoms with E-state index in [0.29, 0.717) is 0 Å². The SMILES string of the molecule is Bc1c(B)c(B)c(-c2nc(-c3c(B)c(B)c(B)c(-c4c(B)c(B)c(B)c(-n5c6c(B)c(B)c(B)c(B)c6c6c(B)c(B)c(B)c(B)c65)c4B)c3B)c3oc4ccccc4c3n2)c(B)c1B. The summed E-state index contributed by atoms with van der Waals surface area (Å²) in [7, 11) is 48.4. The van der Waals surface area contributed by atoms with Crippen molar-refractivity contribution in [3.63, 3.8) is 0 Å². The first-order valence-corrected chi connectivity index (χ1v) is 23.6. The van der Waals surface area contributed by atoms with Gasteiger partial charge in [-0.25, -0.2) is 9.97 Å². The van der Waals surface area contributed by atoms with Crippen molar-refractivity contribution >= 4 is 323 Å². The Labute approximate surface area is 403 Å². The van der Waals surface area contributed by atoms with Crippen LogP contribution in [0.3, 0.4) is 0 Å². The van der Waals surface area contributed by atoms with Gasteiger partial charge in [-0.3, -0.25) is 0 Å². The molecule has 9 rings (SSSR count). The smallest absolute Gasteiger partial charge is 0.180 e. The lowest BCUT2D eigenvalue weighted by atomic mass is 9.58. The van der Waals surface area contributed by atoms with Gasteiger partial charge in [0.05, 0.1) is 0 Å². The highest BCUT2D eigenvalue weighted by atomic mass is 16.3. The lowest BCUT2D eigenvalue weighted by Gasteiger charge is -2.29. The molecular weight excluding hydrogens is 766 g/mol. The van der Waals surface area contributed by atoms with Crippen LogP contribution in [0.15, 0.2) is 28.7 Å². The predicted molar refractivity (Wildman–Crippen MR) is 352 cm³/mol. The molecule has 0 saturated heterocycles. The Morgan fingerprint density at radius 2 is 0.754 bits per heavy atom. The first kappa shape index (κ1) is 45.5. The van der Waals surface area contributed by atoms with E-state index in [1.807, 2.05) is 6.07 Å². The lowest BCUT2D eigenvalue weighted by Crippen LogP contribution is -2.55. The molecular formula is C40H46B21N3O. The van der Waals surface area contributed by atoms with Gasteiger partial charge < -0.3 is 8.98 Å².